The van der Waals surface area contributed by atoms with Crippen LogP contribution in [-0.4, -0.2) is 18.1 Å². The molecule has 1 saturated heterocycles. The number of nitrogens with one attached hydrogen (secondary N) is 2. The predicted molar refractivity (Wildman–Crippen MR) is 65.9 cm³/mol. The molecule has 2 aromatic rings. The minimum absolute atomic E-state index is 0.202. The molecule has 1 aromatic heterocycles. The Balaban J connectivity index is 1.96. The maximum Gasteiger partial charge on any atom is 0.143 e. The van der Waals surface area contributed by atoms with Gasteiger partial charge in [0.15, 0.2) is 0 Å². The van der Waals surface area contributed by atoms with Crippen LogP contribution in [0.25, 0.3) is 10.9 Å². The Labute approximate surface area is 103 Å². The van der Waals surface area contributed by atoms with Crippen LogP contribution in [0.2, 0.25) is 5.02 Å². The Bertz CT molecular complexity index is 621. The van der Waals surface area contributed by atoms with E-state index in [1.54, 1.807) is 0 Å². The highest BCUT2D eigenvalue weighted by Gasteiger charge is 2.58. The summed E-state index contributed by atoms with van der Waals surface area (Å²) in [6.07, 6.45) is 3.24. The summed E-state index contributed by atoms with van der Waals surface area (Å²) < 4.78 is 13.4. The van der Waals surface area contributed by atoms with Crippen molar-refractivity contribution in [2.75, 3.05) is 13.1 Å². The number of hydrogen-bond acceptors (Lipinski definition) is 1. The van der Waals surface area contributed by atoms with Gasteiger partial charge in [0.05, 0.1) is 5.52 Å². The standard InChI is InChI=1S/C13H12ClFN2/c14-11-10(15)2-1-8-9(5-17-12(8)11)13-3-7(13)4-16-6-13/h1-2,5,7,16-17H,3-4,6H2/t7-,13?/m1/s1. The third-order valence-corrected chi connectivity index (χ3v) is 4.71. The molecule has 2 N–H and O–H groups in total. The fourth-order valence-electron chi connectivity index (χ4n) is 3.31. The number of rotatable bonds is 1. The summed E-state index contributed by atoms with van der Waals surface area (Å²) in [5.41, 5.74) is 2.30. The van der Waals surface area contributed by atoms with Gasteiger partial charge in [-0.3, -0.25) is 0 Å². The fraction of sp³-hybridized carbons (Fsp3) is 0.385. The normalized spacial score (nSPS) is 30.8. The third kappa shape index (κ3) is 1.14. The molecule has 2 aliphatic rings. The first kappa shape index (κ1) is 9.92. The first-order chi connectivity index (χ1) is 8.22. The van der Waals surface area contributed by atoms with Crippen LogP contribution < -0.4 is 5.32 Å². The molecule has 1 aliphatic heterocycles. The van der Waals surface area contributed by atoms with E-state index in [4.69, 9.17) is 11.6 Å². The van der Waals surface area contributed by atoms with Gasteiger partial charge < -0.3 is 10.3 Å². The number of H-pyrrole nitrogens is 1. The van der Waals surface area contributed by atoms with E-state index in [2.05, 4.69) is 10.3 Å². The lowest BCUT2D eigenvalue weighted by atomic mass is 9.95. The van der Waals surface area contributed by atoms with Crippen LogP contribution in [0.5, 0.6) is 0 Å². The van der Waals surface area contributed by atoms with Gasteiger partial charge in [0, 0.05) is 23.5 Å². The van der Waals surface area contributed by atoms with Crippen molar-refractivity contribution in [3.63, 3.8) is 0 Å². The number of benzene rings is 1. The minimum Gasteiger partial charge on any atom is -0.360 e. The molecule has 1 aliphatic carbocycles. The number of piperidine rings is 1. The third-order valence-electron chi connectivity index (χ3n) is 4.35. The van der Waals surface area contributed by atoms with Gasteiger partial charge in [-0.15, -0.1) is 0 Å². The van der Waals surface area contributed by atoms with Gasteiger partial charge in [-0.1, -0.05) is 11.6 Å². The summed E-state index contributed by atoms with van der Waals surface area (Å²) in [4.78, 5) is 3.13. The van der Waals surface area contributed by atoms with Gasteiger partial charge in [-0.2, -0.15) is 0 Å². The van der Waals surface area contributed by atoms with E-state index < -0.39 is 0 Å². The molecule has 0 radical (unpaired) electrons. The molecule has 1 aromatic carbocycles. The Kier molecular flexibility index (Phi) is 1.77. The molecule has 1 unspecified atom stereocenters. The second-order valence-corrected chi connectivity index (χ2v) is 5.55. The number of hydrogen-bond donors (Lipinski definition) is 2. The molecule has 2 heterocycles. The van der Waals surface area contributed by atoms with Gasteiger partial charge >= 0.3 is 0 Å². The fourth-order valence-corrected chi connectivity index (χ4v) is 3.53. The maximum absolute atomic E-state index is 13.4. The molecule has 88 valence electrons. The van der Waals surface area contributed by atoms with Crippen LogP contribution in [0.15, 0.2) is 18.3 Å². The molecular formula is C13H12ClFN2. The predicted octanol–water partition coefficient (Wildman–Crippen LogP) is 2.82. The summed E-state index contributed by atoms with van der Waals surface area (Å²) >= 11 is 5.98. The number of halogens is 2. The molecule has 0 bridgehead atoms. The first-order valence-corrected chi connectivity index (χ1v) is 6.26. The Morgan fingerprint density at radius 1 is 1.41 bits per heavy atom. The van der Waals surface area contributed by atoms with Gasteiger partial charge in [0.1, 0.15) is 10.8 Å². The average molecular weight is 251 g/mol. The average Bonchev–Trinajstić information content (AvgIpc) is 2.75. The van der Waals surface area contributed by atoms with E-state index in [0.717, 1.165) is 29.9 Å². The van der Waals surface area contributed by atoms with Gasteiger partial charge in [0.2, 0.25) is 0 Å². The lowest BCUT2D eigenvalue weighted by Gasteiger charge is -2.10. The number of aromatic amines is 1. The highest BCUT2D eigenvalue weighted by Crippen LogP contribution is 2.58. The van der Waals surface area contributed by atoms with E-state index in [-0.39, 0.29) is 16.3 Å². The van der Waals surface area contributed by atoms with Crippen LogP contribution >= 0.6 is 11.6 Å². The zero-order valence-electron chi connectivity index (χ0n) is 9.19. The summed E-state index contributed by atoms with van der Waals surface area (Å²) in [5, 5.41) is 4.69. The molecule has 2 atom stereocenters. The van der Waals surface area contributed by atoms with Crippen LogP contribution in [0.3, 0.4) is 0 Å². The van der Waals surface area contributed by atoms with E-state index in [0.29, 0.717) is 0 Å². The van der Waals surface area contributed by atoms with Crippen molar-refractivity contribution in [3.8, 4) is 0 Å². The van der Waals surface area contributed by atoms with Crippen molar-refractivity contribution in [2.24, 2.45) is 5.92 Å². The quantitative estimate of drug-likeness (QED) is 0.800. The highest BCUT2D eigenvalue weighted by atomic mass is 35.5. The second-order valence-electron chi connectivity index (χ2n) is 5.17. The second kappa shape index (κ2) is 3.03. The SMILES string of the molecule is Fc1ccc2c(C34CNC[C@H]3C4)c[nH]c2c1Cl. The molecule has 0 spiro atoms. The molecule has 2 nitrogen and oxygen atoms in total. The van der Waals surface area contributed by atoms with Crippen LogP contribution in [0, 0.1) is 11.7 Å². The van der Waals surface area contributed by atoms with Gasteiger partial charge in [-0.25, -0.2) is 4.39 Å². The van der Waals surface area contributed by atoms with Crippen molar-refractivity contribution >= 4 is 22.5 Å². The molecule has 2 fully saturated rings. The van der Waals surface area contributed by atoms with E-state index >= 15 is 0 Å². The van der Waals surface area contributed by atoms with E-state index in [1.807, 2.05) is 12.3 Å². The molecule has 4 heteroatoms. The van der Waals surface area contributed by atoms with Crippen molar-refractivity contribution in [1.29, 1.82) is 0 Å². The minimum atomic E-state index is -0.359. The Morgan fingerprint density at radius 3 is 3.00 bits per heavy atom. The van der Waals surface area contributed by atoms with Crippen molar-refractivity contribution in [2.45, 2.75) is 11.8 Å². The van der Waals surface area contributed by atoms with Crippen molar-refractivity contribution in [3.05, 3.63) is 34.7 Å². The van der Waals surface area contributed by atoms with Crippen LogP contribution in [0.4, 0.5) is 4.39 Å². The molecule has 17 heavy (non-hydrogen) atoms. The van der Waals surface area contributed by atoms with Crippen molar-refractivity contribution < 1.29 is 4.39 Å². The van der Waals surface area contributed by atoms with Crippen molar-refractivity contribution in [1.82, 2.24) is 10.3 Å². The smallest absolute Gasteiger partial charge is 0.143 e. The monoisotopic (exact) mass is 250 g/mol. The summed E-state index contributed by atoms with van der Waals surface area (Å²) in [6.45, 7) is 2.13. The molecular weight excluding hydrogens is 239 g/mol. The number of fused-ring (bicyclic) bond motifs is 2. The summed E-state index contributed by atoms with van der Waals surface area (Å²) in [5.74, 6) is 0.382. The van der Waals surface area contributed by atoms with Crippen LogP contribution in [0.1, 0.15) is 12.0 Å². The molecule has 0 amide bonds. The maximum atomic E-state index is 13.4. The lowest BCUT2D eigenvalue weighted by molar-refractivity contribution is 0.630. The largest absolute Gasteiger partial charge is 0.360 e. The Hall–Kier alpha value is -1.06. The summed E-state index contributed by atoms with van der Waals surface area (Å²) in [6, 6.07) is 3.29. The van der Waals surface area contributed by atoms with Crippen LogP contribution in [-0.2, 0) is 5.41 Å². The van der Waals surface area contributed by atoms with E-state index in [1.165, 1.54) is 18.1 Å². The zero-order chi connectivity index (χ0) is 11.6. The molecule has 1 saturated carbocycles. The number of aromatic nitrogens is 1. The van der Waals surface area contributed by atoms with E-state index in [9.17, 15) is 4.39 Å². The Morgan fingerprint density at radius 2 is 2.29 bits per heavy atom. The lowest BCUT2D eigenvalue weighted by Crippen LogP contribution is -2.18. The topological polar surface area (TPSA) is 27.8 Å². The zero-order valence-corrected chi connectivity index (χ0v) is 9.94. The summed E-state index contributed by atoms with van der Waals surface area (Å²) in [7, 11) is 0. The first-order valence-electron chi connectivity index (χ1n) is 5.89. The van der Waals surface area contributed by atoms with Gasteiger partial charge in [-0.05, 0) is 36.6 Å². The van der Waals surface area contributed by atoms with Gasteiger partial charge in [0.25, 0.3) is 0 Å². The highest BCUT2D eigenvalue weighted by molar-refractivity contribution is 6.35. The molecule has 4 rings (SSSR count).